The molecule has 0 aliphatic rings. The van der Waals surface area contributed by atoms with Gasteiger partial charge in [-0.15, -0.1) is 0 Å². The fourth-order valence-electron chi connectivity index (χ4n) is 2.24. The van der Waals surface area contributed by atoms with E-state index in [9.17, 15) is 4.79 Å². The lowest BCUT2D eigenvalue weighted by Crippen LogP contribution is -2.32. The molecule has 0 unspecified atom stereocenters. The van der Waals surface area contributed by atoms with Gasteiger partial charge >= 0.3 is 5.97 Å². The second-order valence-corrected chi connectivity index (χ2v) is 6.19. The molecule has 0 saturated carbocycles. The van der Waals surface area contributed by atoms with Crippen LogP contribution in [-0.2, 0) is 17.8 Å². The third kappa shape index (κ3) is 4.61. The molecule has 0 amide bonds. The van der Waals surface area contributed by atoms with Gasteiger partial charge in [0.15, 0.2) is 0 Å². The Morgan fingerprint density at radius 2 is 1.74 bits per heavy atom. The summed E-state index contributed by atoms with van der Waals surface area (Å²) in [5.41, 5.74) is 8.28. The van der Waals surface area contributed by atoms with Crippen LogP contribution in [0.15, 0.2) is 42.5 Å². The van der Waals surface area contributed by atoms with Crippen molar-refractivity contribution in [2.75, 3.05) is 11.9 Å². The summed E-state index contributed by atoms with van der Waals surface area (Å²) >= 11 is 12.4. The van der Waals surface area contributed by atoms with Crippen LogP contribution in [-0.4, -0.2) is 24.2 Å². The number of carboxylic acid groups (broad SMARTS) is 1. The summed E-state index contributed by atoms with van der Waals surface area (Å²) < 4.78 is 0. The molecule has 0 aliphatic heterocycles. The van der Waals surface area contributed by atoms with E-state index in [-0.39, 0.29) is 0 Å². The number of nitrogens with zero attached hydrogens (tertiary/aromatic N) is 1. The Balaban J connectivity index is 2.08. The Morgan fingerprint density at radius 3 is 2.26 bits per heavy atom. The van der Waals surface area contributed by atoms with Crippen LogP contribution in [0, 0.1) is 0 Å². The second-order valence-electron chi connectivity index (χ2n) is 5.37. The summed E-state index contributed by atoms with van der Waals surface area (Å²) in [5.74, 6) is -1.00. The van der Waals surface area contributed by atoms with E-state index in [2.05, 4.69) is 0 Å². The molecule has 0 fully saturated rings. The minimum absolute atomic E-state index is 0.301. The van der Waals surface area contributed by atoms with Crippen molar-refractivity contribution in [3.05, 3.63) is 63.6 Å². The van der Waals surface area contributed by atoms with E-state index < -0.39 is 12.0 Å². The molecule has 0 aromatic heterocycles. The Morgan fingerprint density at radius 1 is 1.17 bits per heavy atom. The van der Waals surface area contributed by atoms with Gasteiger partial charge in [0, 0.05) is 34.9 Å². The molecule has 0 spiro atoms. The van der Waals surface area contributed by atoms with Crippen molar-refractivity contribution >= 4 is 34.9 Å². The highest BCUT2D eigenvalue weighted by molar-refractivity contribution is 6.36. The number of benzene rings is 2. The molecular formula is C17H18Cl2N2O2. The van der Waals surface area contributed by atoms with Crippen LogP contribution in [0.3, 0.4) is 0 Å². The third-order valence-electron chi connectivity index (χ3n) is 3.61. The van der Waals surface area contributed by atoms with Crippen LogP contribution in [0.2, 0.25) is 10.0 Å². The molecule has 2 aromatic carbocycles. The summed E-state index contributed by atoms with van der Waals surface area (Å²) in [6.45, 7) is 0.576. The first-order valence-electron chi connectivity index (χ1n) is 7.10. The van der Waals surface area contributed by atoms with Gasteiger partial charge in [0.1, 0.15) is 6.04 Å². The Bertz CT molecular complexity index is 669. The van der Waals surface area contributed by atoms with Crippen LogP contribution in [0.4, 0.5) is 5.69 Å². The van der Waals surface area contributed by atoms with Crippen molar-refractivity contribution in [2.45, 2.75) is 19.0 Å². The Labute approximate surface area is 145 Å². The van der Waals surface area contributed by atoms with Gasteiger partial charge in [0.25, 0.3) is 0 Å². The SMILES string of the molecule is CN(Cc1c(Cl)cccc1Cl)c1ccc(C[C@H](N)C(=O)O)cc1. The van der Waals surface area contributed by atoms with Crippen molar-refractivity contribution in [3.63, 3.8) is 0 Å². The average molecular weight is 353 g/mol. The van der Waals surface area contributed by atoms with Crippen molar-refractivity contribution in [3.8, 4) is 0 Å². The molecule has 3 N–H and O–H groups in total. The first-order valence-corrected chi connectivity index (χ1v) is 7.85. The highest BCUT2D eigenvalue weighted by atomic mass is 35.5. The van der Waals surface area contributed by atoms with E-state index in [4.69, 9.17) is 34.0 Å². The molecule has 0 saturated heterocycles. The largest absolute Gasteiger partial charge is 0.480 e. The Hall–Kier alpha value is -1.75. The summed E-state index contributed by atoms with van der Waals surface area (Å²) in [7, 11) is 1.94. The van der Waals surface area contributed by atoms with Crippen LogP contribution in [0.5, 0.6) is 0 Å². The Kier molecular flexibility index (Phi) is 5.88. The van der Waals surface area contributed by atoms with Gasteiger partial charge in [-0.1, -0.05) is 41.4 Å². The van der Waals surface area contributed by atoms with Crippen molar-refractivity contribution < 1.29 is 9.90 Å². The van der Waals surface area contributed by atoms with E-state index in [1.807, 2.05) is 54.4 Å². The van der Waals surface area contributed by atoms with Crippen LogP contribution < -0.4 is 10.6 Å². The maximum absolute atomic E-state index is 10.8. The molecule has 0 heterocycles. The van der Waals surface area contributed by atoms with E-state index in [1.54, 1.807) is 0 Å². The number of carboxylic acids is 1. The lowest BCUT2D eigenvalue weighted by molar-refractivity contribution is -0.138. The first-order chi connectivity index (χ1) is 10.9. The lowest BCUT2D eigenvalue weighted by Gasteiger charge is -2.21. The molecular weight excluding hydrogens is 335 g/mol. The maximum Gasteiger partial charge on any atom is 0.320 e. The van der Waals surface area contributed by atoms with Crippen LogP contribution >= 0.6 is 23.2 Å². The minimum Gasteiger partial charge on any atom is -0.480 e. The zero-order valence-corrected chi connectivity index (χ0v) is 14.2. The fraction of sp³-hybridized carbons (Fsp3) is 0.235. The average Bonchev–Trinajstić information content (AvgIpc) is 2.51. The minimum atomic E-state index is -1.00. The molecule has 1 atom stereocenters. The second kappa shape index (κ2) is 7.68. The summed E-state index contributed by atoms with van der Waals surface area (Å²) in [6.07, 6.45) is 0.301. The van der Waals surface area contributed by atoms with Crippen LogP contribution in [0.1, 0.15) is 11.1 Å². The molecule has 0 bridgehead atoms. The van der Waals surface area contributed by atoms with Gasteiger partial charge in [-0.2, -0.15) is 0 Å². The highest BCUT2D eigenvalue weighted by Crippen LogP contribution is 2.27. The van der Waals surface area contributed by atoms with Crippen LogP contribution in [0.25, 0.3) is 0 Å². The van der Waals surface area contributed by atoms with E-state index >= 15 is 0 Å². The van der Waals surface area contributed by atoms with Crippen molar-refractivity contribution in [1.29, 1.82) is 0 Å². The molecule has 6 heteroatoms. The summed E-state index contributed by atoms with van der Waals surface area (Å²) in [6, 6.07) is 12.2. The van der Waals surface area contributed by atoms with Crippen molar-refractivity contribution in [2.24, 2.45) is 5.73 Å². The topological polar surface area (TPSA) is 66.6 Å². The van der Waals surface area contributed by atoms with E-state index in [1.165, 1.54) is 0 Å². The number of anilines is 1. The normalized spacial score (nSPS) is 12.0. The molecule has 4 nitrogen and oxygen atoms in total. The predicted octanol–water partition coefficient (Wildman–Crippen LogP) is 3.58. The standard InChI is InChI=1S/C17H18Cl2N2O2/c1-21(10-13-14(18)3-2-4-15(13)19)12-7-5-11(6-8-12)9-16(20)17(22)23/h2-8,16H,9-10,20H2,1H3,(H,22,23)/t16-/m0/s1. The first kappa shape index (κ1) is 17.6. The highest BCUT2D eigenvalue weighted by Gasteiger charge is 2.13. The monoisotopic (exact) mass is 352 g/mol. The summed E-state index contributed by atoms with van der Waals surface area (Å²) in [5, 5.41) is 10.1. The molecule has 2 aromatic rings. The zero-order chi connectivity index (χ0) is 17.0. The maximum atomic E-state index is 10.8. The number of halogens is 2. The van der Waals surface area contributed by atoms with Gasteiger partial charge in [0.2, 0.25) is 0 Å². The van der Waals surface area contributed by atoms with E-state index in [0.717, 1.165) is 16.8 Å². The van der Waals surface area contributed by atoms with E-state index in [0.29, 0.717) is 23.0 Å². The number of aliphatic carboxylic acids is 1. The van der Waals surface area contributed by atoms with Gasteiger partial charge in [0.05, 0.1) is 0 Å². The lowest BCUT2D eigenvalue weighted by atomic mass is 10.1. The molecule has 23 heavy (non-hydrogen) atoms. The van der Waals surface area contributed by atoms with Gasteiger partial charge < -0.3 is 15.7 Å². The zero-order valence-electron chi connectivity index (χ0n) is 12.7. The van der Waals surface area contributed by atoms with Gasteiger partial charge in [-0.25, -0.2) is 0 Å². The molecule has 0 radical (unpaired) electrons. The molecule has 2 rings (SSSR count). The number of hydrogen-bond donors (Lipinski definition) is 2. The number of hydrogen-bond acceptors (Lipinski definition) is 3. The van der Waals surface area contributed by atoms with Gasteiger partial charge in [-0.05, 0) is 36.2 Å². The summed E-state index contributed by atoms with van der Waals surface area (Å²) in [4.78, 5) is 12.8. The number of carbonyl (C=O) groups is 1. The fourth-order valence-corrected chi connectivity index (χ4v) is 2.76. The number of rotatable bonds is 6. The third-order valence-corrected chi connectivity index (χ3v) is 4.32. The smallest absolute Gasteiger partial charge is 0.320 e. The molecule has 122 valence electrons. The predicted molar refractivity (Wildman–Crippen MR) is 94.3 cm³/mol. The quantitative estimate of drug-likeness (QED) is 0.833. The van der Waals surface area contributed by atoms with Crippen molar-refractivity contribution in [1.82, 2.24) is 0 Å². The van der Waals surface area contributed by atoms with Gasteiger partial charge in [-0.3, -0.25) is 4.79 Å². The number of nitrogens with two attached hydrogens (primary N) is 1. The molecule has 0 aliphatic carbocycles.